The average molecular weight is 418 g/mol. The average Bonchev–Trinajstić information content (AvgIpc) is 3.27. The first-order valence-electron chi connectivity index (χ1n) is 9.73. The molecule has 1 heterocycles. The zero-order valence-electron chi connectivity index (χ0n) is 16.4. The summed E-state index contributed by atoms with van der Waals surface area (Å²) in [4.78, 5) is 27.2. The fourth-order valence-corrected chi connectivity index (χ4v) is 3.26. The van der Waals surface area contributed by atoms with Gasteiger partial charge in [0.15, 0.2) is 0 Å². The summed E-state index contributed by atoms with van der Waals surface area (Å²) in [6.45, 7) is 2.24. The minimum Gasteiger partial charge on any atom is -0.368 e. The monoisotopic (exact) mass is 417 g/mol. The lowest BCUT2D eigenvalue weighted by Crippen LogP contribution is -2.32. The Hall–Kier alpha value is -2.41. The Labute approximate surface area is 177 Å². The van der Waals surface area contributed by atoms with Crippen LogP contribution in [-0.2, 0) is 16.1 Å². The number of hydrogen-bond donors (Lipinski definition) is 2. The lowest BCUT2D eigenvalue weighted by molar-refractivity contribution is -0.124. The first-order valence-corrected chi connectivity index (χ1v) is 9.73. The van der Waals surface area contributed by atoms with Crippen molar-refractivity contribution in [1.82, 2.24) is 4.90 Å². The summed E-state index contributed by atoms with van der Waals surface area (Å²) in [5, 5.41) is 2.86. The van der Waals surface area contributed by atoms with Crippen molar-refractivity contribution < 1.29 is 14.3 Å². The standard InChI is InChI=1S/C22H27N3O3.ClH/c23-12-6-13-25(16-17-7-2-1-3-8-17)22(27)18-9-4-10-19(15-18)24-21(26)20-11-5-14-28-20;/h1-4,7-10,15,20H,5-6,11-14,16,23H2,(H,24,26);1H. The number of carbonyl (C=O) groups is 2. The molecule has 1 aliphatic rings. The van der Waals surface area contributed by atoms with Crippen LogP contribution in [-0.4, -0.2) is 42.5 Å². The quantitative estimate of drug-likeness (QED) is 0.690. The highest BCUT2D eigenvalue weighted by atomic mass is 35.5. The maximum absolute atomic E-state index is 13.1. The van der Waals surface area contributed by atoms with Gasteiger partial charge in [-0.1, -0.05) is 36.4 Å². The summed E-state index contributed by atoms with van der Waals surface area (Å²) in [5.41, 5.74) is 7.86. The van der Waals surface area contributed by atoms with Crippen molar-refractivity contribution in [3.8, 4) is 0 Å². The molecule has 6 nitrogen and oxygen atoms in total. The zero-order chi connectivity index (χ0) is 19.8. The number of halogens is 1. The molecule has 3 N–H and O–H groups in total. The van der Waals surface area contributed by atoms with Crippen LogP contribution in [0.4, 0.5) is 5.69 Å². The Balaban J connectivity index is 0.00000300. The van der Waals surface area contributed by atoms with Crippen LogP contribution in [0.25, 0.3) is 0 Å². The fourth-order valence-electron chi connectivity index (χ4n) is 3.26. The van der Waals surface area contributed by atoms with Gasteiger partial charge in [-0.05, 0) is 49.6 Å². The number of nitrogens with one attached hydrogen (secondary N) is 1. The topological polar surface area (TPSA) is 84.7 Å². The molecule has 0 aliphatic carbocycles. The summed E-state index contributed by atoms with van der Waals surface area (Å²) in [6.07, 6.45) is 1.95. The molecule has 156 valence electrons. The van der Waals surface area contributed by atoms with Gasteiger partial charge in [-0.25, -0.2) is 0 Å². The molecule has 0 saturated carbocycles. The molecule has 7 heteroatoms. The molecule has 0 radical (unpaired) electrons. The molecule has 1 atom stereocenters. The van der Waals surface area contributed by atoms with Crippen molar-refractivity contribution in [1.29, 1.82) is 0 Å². The number of rotatable bonds is 8. The minimum atomic E-state index is -0.404. The van der Waals surface area contributed by atoms with E-state index in [2.05, 4.69) is 5.32 Å². The Morgan fingerprint density at radius 1 is 1.14 bits per heavy atom. The van der Waals surface area contributed by atoms with Crippen molar-refractivity contribution in [3.63, 3.8) is 0 Å². The Morgan fingerprint density at radius 3 is 2.62 bits per heavy atom. The zero-order valence-corrected chi connectivity index (χ0v) is 17.2. The van der Waals surface area contributed by atoms with Gasteiger partial charge in [0.05, 0.1) is 0 Å². The predicted molar refractivity (Wildman–Crippen MR) is 116 cm³/mol. The van der Waals surface area contributed by atoms with Gasteiger partial charge in [0.1, 0.15) is 6.10 Å². The second-order valence-corrected chi connectivity index (χ2v) is 6.93. The van der Waals surface area contributed by atoms with Crippen LogP contribution in [0.15, 0.2) is 54.6 Å². The molecule has 0 spiro atoms. The SMILES string of the molecule is Cl.NCCCN(Cc1ccccc1)C(=O)c1cccc(NC(=O)C2CCCO2)c1. The second kappa shape index (κ2) is 11.6. The highest BCUT2D eigenvalue weighted by molar-refractivity contribution is 5.98. The molecule has 3 rings (SSSR count). The number of anilines is 1. The van der Waals surface area contributed by atoms with Crippen LogP contribution in [0.3, 0.4) is 0 Å². The first kappa shape index (κ1) is 22.9. The molecule has 1 fully saturated rings. The number of nitrogens with two attached hydrogens (primary N) is 1. The van der Waals surface area contributed by atoms with Gasteiger partial charge in [-0.3, -0.25) is 9.59 Å². The van der Waals surface area contributed by atoms with Gasteiger partial charge in [0, 0.05) is 30.9 Å². The van der Waals surface area contributed by atoms with E-state index in [1.54, 1.807) is 29.2 Å². The summed E-state index contributed by atoms with van der Waals surface area (Å²) in [5.74, 6) is -0.239. The molecule has 1 saturated heterocycles. The summed E-state index contributed by atoms with van der Waals surface area (Å²) < 4.78 is 5.41. The largest absolute Gasteiger partial charge is 0.368 e. The number of ether oxygens (including phenoxy) is 1. The first-order chi connectivity index (χ1) is 13.7. The lowest BCUT2D eigenvalue weighted by atomic mass is 10.1. The maximum atomic E-state index is 13.1. The van der Waals surface area contributed by atoms with E-state index in [1.807, 2.05) is 30.3 Å². The summed E-state index contributed by atoms with van der Waals surface area (Å²) in [7, 11) is 0. The van der Waals surface area contributed by atoms with Crippen molar-refractivity contribution in [3.05, 3.63) is 65.7 Å². The fraction of sp³-hybridized carbons (Fsp3) is 0.364. The van der Waals surface area contributed by atoms with Gasteiger partial charge in [-0.15, -0.1) is 12.4 Å². The number of carbonyl (C=O) groups excluding carboxylic acids is 2. The van der Waals surface area contributed by atoms with Crippen molar-refractivity contribution >= 4 is 29.9 Å². The van der Waals surface area contributed by atoms with E-state index in [4.69, 9.17) is 10.5 Å². The number of benzene rings is 2. The van der Waals surface area contributed by atoms with Crippen molar-refractivity contribution in [2.75, 3.05) is 25.0 Å². The highest BCUT2D eigenvalue weighted by Gasteiger charge is 2.24. The predicted octanol–water partition coefficient (Wildman–Crippen LogP) is 3.22. The van der Waals surface area contributed by atoms with E-state index < -0.39 is 6.10 Å². The molecule has 0 bridgehead atoms. The van der Waals surface area contributed by atoms with E-state index in [-0.39, 0.29) is 24.2 Å². The third kappa shape index (κ3) is 6.56. The molecule has 2 aromatic carbocycles. The molecule has 1 aliphatic heterocycles. The van der Waals surface area contributed by atoms with Crippen LogP contribution in [0, 0.1) is 0 Å². The van der Waals surface area contributed by atoms with E-state index in [0.717, 1.165) is 24.8 Å². The Morgan fingerprint density at radius 2 is 1.93 bits per heavy atom. The van der Waals surface area contributed by atoms with E-state index >= 15 is 0 Å². The third-order valence-corrected chi connectivity index (χ3v) is 4.73. The molecule has 1 unspecified atom stereocenters. The smallest absolute Gasteiger partial charge is 0.254 e. The Kier molecular flexibility index (Phi) is 9.12. The van der Waals surface area contributed by atoms with Gasteiger partial charge in [0.25, 0.3) is 11.8 Å². The van der Waals surface area contributed by atoms with Crippen molar-refractivity contribution in [2.24, 2.45) is 5.73 Å². The van der Waals surface area contributed by atoms with Gasteiger partial charge < -0.3 is 20.7 Å². The van der Waals surface area contributed by atoms with Crippen LogP contribution in [0.1, 0.15) is 35.2 Å². The molecular formula is C22H28ClN3O3. The van der Waals surface area contributed by atoms with Crippen LogP contribution >= 0.6 is 12.4 Å². The third-order valence-electron chi connectivity index (χ3n) is 4.73. The second-order valence-electron chi connectivity index (χ2n) is 6.93. The van der Waals surface area contributed by atoms with Gasteiger partial charge in [-0.2, -0.15) is 0 Å². The van der Waals surface area contributed by atoms with Gasteiger partial charge >= 0.3 is 0 Å². The molecule has 2 aromatic rings. The highest BCUT2D eigenvalue weighted by Crippen LogP contribution is 2.18. The van der Waals surface area contributed by atoms with Crippen LogP contribution < -0.4 is 11.1 Å². The normalized spacial score (nSPS) is 15.4. The molecule has 0 aromatic heterocycles. The minimum absolute atomic E-state index is 0. The Bertz CT molecular complexity index is 795. The molecule has 2 amide bonds. The molecular weight excluding hydrogens is 390 g/mol. The van der Waals surface area contributed by atoms with E-state index in [0.29, 0.717) is 37.5 Å². The van der Waals surface area contributed by atoms with Crippen LogP contribution in [0.5, 0.6) is 0 Å². The van der Waals surface area contributed by atoms with Gasteiger partial charge in [0.2, 0.25) is 0 Å². The maximum Gasteiger partial charge on any atom is 0.254 e. The summed E-state index contributed by atoms with van der Waals surface area (Å²) in [6, 6.07) is 16.9. The van der Waals surface area contributed by atoms with Crippen LogP contribution in [0.2, 0.25) is 0 Å². The molecule has 29 heavy (non-hydrogen) atoms. The number of amides is 2. The number of hydrogen-bond acceptors (Lipinski definition) is 4. The van der Waals surface area contributed by atoms with Crippen molar-refractivity contribution in [2.45, 2.75) is 31.9 Å². The summed E-state index contributed by atoms with van der Waals surface area (Å²) >= 11 is 0. The van der Waals surface area contributed by atoms with E-state index in [1.165, 1.54) is 0 Å². The van der Waals surface area contributed by atoms with E-state index in [9.17, 15) is 9.59 Å². The number of nitrogens with zero attached hydrogens (tertiary/aromatic N) is 1. The lowest BCUT2D eigenvalue weighted by Gasteiger charge is -2.23.